The third-order valence-corrected chi connectivity index (χ3v) is 3.06. The molecule has 1 aromatic carbocycles. The number of aromatic amines is 1. The summed E-state index contributed by atoms with van der Waals surface area (Å²) in [5.41, 5.74) is 5.01. The van der Waals surface area contributed by atoms with E-state index in [1.54, 1.807) is 0 Å². The lowest BCUT2D eigenvalue weighted by Gasteiger charge is -2.16. The van der Waals surface area contributed by atoms with Gasteiger partial charge in [0.25, 0.3) is 11.6 Å². The van der Waals surface area contributed by atoms with Gasteiger partial charge in [0.1, 0.15) is 17.8 Å². The first-order valence-corrected chi connectivity index (χ1v) is 6.11. The number of nitro groups is 1. The average molecular weight is 311 g/mol. The Morgan fingerprint density at radius 2 is 2.29 bits per heavy atom. The quantitative estimate of drug-likeness (QED) is 0.496. The van der Waals surface area contributed by atoms with Crippen LogP contribution in [0.1, 0.15) is 16.2 Å². The predicted octanol–water partition coefficient (Wildman–Crippen LogP) is 1.22. The Labute approximate surface area is 123 Å². The first-order chi connectivity index (χ1) is 9.90. The van der Waals surface area contributed by atoms with Crippen LogP contribution >= 0.6 is 11.6 Å². The van der Waals surface area contributed by atoms with Crippen molar-refractivity contribution in [2.75, 3.05) is 12.8 Å². The van der Waals surface area contributed by atoms with E-state index in [2.05, 4.69) is 15.2 Å². The van der Waals surface area contributed by atoms with Gasteiger partial charge in [0.05, 0.1) is 16.5 Å². The number of hydrogen-bond acceptors (Lipinski definition) is 6. The molecule has 0 atom stereocenters. The van der Waals surface area contributed by atoms with E-state index in [-0.39, 0.29) is 22.8 Å². The number of nitrogen functional groups attached to an aromatic ring is 1. The molecule has 1 aromatic heterocycles. The average Bonchev–Trinajstić information content (AvgIpc) is 2.93. The molecule has 0 aliphatic carbocycles. The van der Waals surface area contributed by atoms with Crippen molar-refractivity contribution < 1.29 is 9.72 Å². The molecule has 2 rings (SSSR count). The fraction of sp³-hybridized carbons (Fsp3) is 0.182. The number of amides is 1. The molecule has 0 fully saturated rings. The summed E-state index contributed by atoms with van der Waals surface area (Å²) in [6.07, 6.45) is 1.32. The van der Waals surface area contributed by atoms with Gasteiger partial charge in [0.15, 0.2) is 0 Å². The fourth-order valence-corrected chi connectivity index (χ4v) is 1.92. The van der Waals surface area contributed by atoms with Crippen molar-refractivity contribution in [1.82, 2.24) is 20.1 Å². The summed E-state index contributed by atoms with van der Waals surface area (Å²) in [5.74, 6) is 0.0401. The summed E-state index contributed by atoms with van der Waals surface area (Å²) >= 11 is 5.83. The third-order valence-electron chi connectivity index (χ3n) is 2.75. The van der Waals surface area contributed by atoms with Gasteiger partial charge in [-0.15, -0.1) is 0 Å². The summed E-state index contributed by atoms with van der Waals surface area (Å²) < 4.78 is 0. The number of nitrogens with one attached hydrogen (secondary N) is 1. The zero-order valence-electron chi connectivity index (χ0n) is 10.9. The zero-order valence-corrected chi connectivity index (χ0v) is 11.7. The normalized spacial score (nSPS) is 10.4. The number of benzene rings is 1. The van der Waals surface area contributed by atoms with E-state index in [0.29, 0.717) is 5.82 Å². The summed E-state index contributed by atoms with van der Waals surface area (Å²) in [6, 6.07) is 2.39. The van der Waals surface area contributed by atoms with E-state index in [0.717, 1.165) is 6.07 Å². The van der Waals surface area contributed by atoms with Gasteiger partial charge in [0.2, 0.25) is 0 Å². The van der Waals surface area contributed by atoms with E-state index in [4.69, 9.17) is 17.3 Å². The van der Waals surface area contributed by atoms with Crippen molar-refractivity contribution in [3.05, 3.63) is 45.0 Å². The van der Waals surface area contributed by atoms with Crippen LogP contribution in [0.4, 0.5) is 11.4 Å². The highest BCUT2D eigenvalue weighted by Crippen LogP contribution is 2.31. The van der Waals surface area contributed by atoms with Crippen molar-refractivity contribution in [3.63, 3.8) is 0 Å². The van der Waals surface area contributed by atoms with Crippen LogP contribution in [0.3, 0.4) is 0 Å². The maximum Gasteiger partial charge on any atom is 0.294 e. The number of anilines is 1. The monoisotopic (exact) mass is 310 g/mol. The van der Waals surface area contributed by atoms with Gasteiger partial charge < -0.3 is 10.6 Å². The highest BCUT2D eigenvalue weighted by molar-refractivity contribution is 6.34. The Kier molecular flexibility index (Phi) is 4.03. The van der Waals surface area contributed by atoms with Gasteiger partial charge in [0, 0.05) is 18.7 Å². The van der Waals surface area contributed by atoms with Crippen LogP contribution in [-0.4, -0.2) is 38.0 Å². The van der Waals surface area contributed by atoms with Crippen molar-refractivity contribution in [1.29, 1.82) is 0 Å². The van der Waals surface area contributed by atoms with E-state index in [1.165, 1.54) is 24.3 Å². The summed E-state index contributed by atoms with van der Waals surface area (Å²) in [5, 5.41) is 17.1. The molecule has 0 saturated heterocycles. The Hall–Kier alpha value is -2.68. The first-order valence-electron chi connectivity index (χ1n) is 5.73. The van der Waals surface area contributed by atoms with Crippen LogP contribution in [-0.2, 0) is 6.54 Å². The minimum Gasteiger partial charge on any atom is -0.392 e. The molecule has 10 heteroatoms. The van der Waals surface area contributed by atoms with Crippen LogP contribution in [0, 0.1) is 10.1 Å². The highest BCUT2D eigenvalue weighted by atomic mass is 35.5. The zero-order chi connectivity index (χ0) is 15.6. The van der Waals surface area contributed by atoms with Gasteiger partial charge in [-0.2, -0.15) is 5.10 Å². The molecule has 0 bridgehead atoms. The Morgan fingerprint density at radius 1 is 1.57 bits per heavy atom. The molecule has 0 aliphatic rings. The van der Waals surface area contributed by atoms with Crippen molar-refractivity contribution >= 4 is 28.9 Å². The molecule has 0 radical (unpaired) electrons. The molecule has 0 spiro atoms. The van der Waals surface area contributed by atoms with Crippen LogP contribution in [0.2, 0.25) is 5.02 Å². The molecule has 0 unspecified atom stereocenters. The fourth-order valence-electron chi connectivity index (χ4n) is 1.70. The number of nitrogens with two attached hydrogens (primary N) is 1. The molecule has 3 N–H and O–H groups in total. The molecular formula is C11H11ClN6O3. The van der Waals surface area contributed by atoms with Crippen LogP contribution in [0.15, 0.2) is 18.5 Å². The maximum atomic E-state index is 12.3. The molecule has 1 amide bonds. The van der Waals surface area contributed by atoms with Gasteiger partial charge in [-0.3, -0.25) is 20.0 Å². The number of nitro benzene ring substituents is 1. The number of carbonyl (C=O) groups is 1. The molecule has 2 aromatic rings. The lowest BCUT2D eigenvalue weighted by Crippen LogP contribution is -2.27. The summed E-state index contributed by atoms with van der Waals surface area (Å²) in [4.78, 5) is 27.7. The standard InChI is InChI=1S/C11H11ClN6O3/c1-17(4-9-14-5-15-16-9)11(19)6-2-7(12)10(13)8(3-6)18(20)21/h2-3,5H,4,13H2,1H3,(H,14,15,16). The second-order valence-electron chi connectivity index (χ2n) is 4.24. The van der Waals surface area contributed by atoms with Crippen LogP contribution in [0.5, 0.6) is 0 Å². The second-order valence-corrected chi connectivity index (χ2v) is 4.65. The molecule has 1 heterocycles. The largest absolute Gasteiger partial charge is 0.392 e. The smallest absolute Gasteiger partial charge is 0.294 e. The van der Waals surface area contributed by atoms with E-state index < -0.39 is 16.5 Å². The van der Waals surface area contributed by atoms with Crippen molar-refractivity contribution in [3.8, 4) is 0 Å². The van der Waals surface area contributed by atoms with Crippen molar-refractivity contribution in [2.45, 2.75) is 6.54 Å². The lowest BCUT2D eigenvalue weighted by molar-refractivity contribution is -0.383. The number of nitrogens with zero attached hydrogens (tertiary/aromatic N) is 4. The van der Waals surface area contributed by atoms with Crippen LogP contribution < -0.4 is 5.73 Å². The van der Waals surface area contributed by atoms with E-state index >= 15 is 0 Å². The summed E-state index contributed by atoms with van der Waals surface area (Å²) in [6.45, 7) is 0.175. The van der Waals surface area contributed by atoms with Crippen molar-refractivity contribution in [2.24, 2.45) is 0 Å². The predicted molar refractivity (Wildman–Crippen MR) is 74.7 cm³/mol. The number of carbonyl (C=O) groups excluding carboxylic acids is 1. The van der Waals surface area contributed by atoms with E-state index in [9.17, 15) is 14.9 Å². The maximum absolute atomic E-state index is 12.3. The van der Waals surface area contributed by atoms with Gasteiger partial charge in [-0.25, -0.2) is 4.98 Å². The highest BCUT2D eigenvalue weighted by Gasteiger charge is 2.21. The molecule has 21 heavy (non-hydrogen) atoms. The molecule has 9 nitrogen and oxygen atoms in total. The number of aromatic nitrogens is 3. The minimum atomic E-state index is -0.686. The Bertz CT molecular complexity index is 688. The number of H-pyrrole nitrogens is 1. The molecule has 0 saturated carbocycles. The Morgan fingerprint density at radius 3 is 2.86 bits per heavy atom. The lowest BCUT2D eigenvalue weighted by atomic mass is 10.1. The number of hydrogen-bond donors (Lipinski definition) is 2. The third kappa shape index (κ3) is 3.08. The van der Waals surface area contributed by atoms with Gasteiger partial charge in [-0.05, 0) is 6.07 Å². The molecule has 110 valence electrons. The van der Waals surface area contributed by atoms with Crippen LogP contribution in [0.25, 0.3) is 0 Å². The second kappa shape index (κ2) is 5.75. The topological polar surface area (TPSA) is 131 Å². The Balaban J connectivity index is 2.28. The van der Waals surface area contributed by atoms with E-state index in [1.807, 2.05) is 0 Å². The first kappa shape index (κ1) is 14.7. The SMILES string of the molecule is CN(Cc1ncn[nH]1)C(=O)c1cc(Cl)c(N)c([N+](=O)[O-])c1. The van der Waals surface area contributed by atoms with Gasteiger partial charge >= 0.3 is 0 Å². The van der Waals surface area contributed by atoms with Gasteiger partial charge in [-0.1, -0.05) is 11.6 Å². The summed E-state index contributed by atoms with van der Waals surface area (Å²) in [7, 11) is 1.53. The minimum absolute atomic E-state index is 0.0411. The molecule has 0 aliphatic heterocycles. The number of rotatable bonds is 4. The molecular weight excluding hydrogens is 300 g/mol. The number of halogens is 1.